The summed E-state index contributed by atoms with van der Waals surface area (Å²) in [6.07, 6.45) is 4.31. The van der Waals surface area contributed by atoms with Crippen LogP contribution in [0, 0.1) is 18.3 Å². The Labute approximate surface area is 125 Å². The van der Waals surface area contributed by atoms with Gasteiger partial charge in [0.1, 0.15) is 5.78 Å². The van der Waals surface area contributed by atoms with Crippen LogP contribution < -0.4 is 5.73 Å². The fraction of sp³-hybridized carbons (Fsp3) is 0.733. The molecule has 1 heterocycles. The minimum atomic E-state index is -0.353. The predicted octanol–water partition coefficient (Wildman–Crippen LogP) is 2.65. The van der Waals surface area contributed by atoms with Crippen molar-refractivity contribution in [3.8, 4) is 0 Å². The first-order valence-electron chi connectivity index (χ1n) is 7.31. The van der Waals surface area contributed by atoms with Crippen molar-refractivity contribution in [2.24, 2.45) is 24.1 Å². The summed E-state index contributed by atoms with van der Waals surface area (Å²) in [6.45, 7) is 4.54. The fourth-order valence-electron chi connectivity index (χ4n) is 3.12. The summed E-state index contributed by atoms with van der Waals surface area (Å²) in [5, 5.41) is 4.88. The molecule has 2 rings (SSSR count). The highest BCUT2D eigenvalue weighted by Gasteiger charge is 2.39. The molecule has 0 saturated heterocycles. The van der Waals surface area contributed by atoms with E-state index in [9.17, 15) is 4.79 Å². The largest absolute Gasteiger partial charge is 0.329 e. The van der Waals surface area contributed by atoms with Crippen molar-refractivity contribution in [1.29, 1.82) is 0 Å². The van der Waals surface area contributed by atoms with Crippen LogP contribution in [0.25, 0.3) is 0 Å². The highest BCUT2D eigenvalue weighted by Crippen LogP contribution is 2.40. The van der Waals surface area contributed by atoms with Gasteiger partial charge in [0.2, 0.25) is 0 Å². The van der Waals surface area contributed by atoms with Gasteiger partial charge >= 0.3 is 0 Å². The normalized spacial score (nSPS) is 26.8. The molecule has 20 heavy (non-hydrogen) atoms. The average Bonchev–Trinajstić information content (AvgIpc) is 2.66. The monoisotopic (exact) mass is 297 g/mol. The lowest BCUT2D eigenvalue weighted by molar-refractivity contribution is -0.129. The number of aryl methyl sites for hydroxylation is 2. The number of nitrogens with zero attached hydrogens (tertiary/aromatic N) is 2. The molecule has 0 aromatic carbocycles. The van der Waals surface area contributed by atoms with E-state index in [1.54, 1.807) is 4.68 Å². The maximum atomic E-state index is 12.8. The minimum Gasteiger partial charge on any atom is -0.329 e. The standard InChI is InChI=1S/C15H24ClN3O/c1-10-4-6-15(9-17,7-5-10)13(20)8-12-14(16)11(2)18-19(12)3/h10H,4-9,17H2,1-3H3. The highest BCUT2D eigenvalue weighted by atomic mass is 35.5. The van der Waals surface area contributed by atoms with Crippen LogP contribution in [-0.4, -0.2) is 22.1 Å². The molecule has 0 spiro atoms. The van der Waals surface area contributed by atoms with Crippen molar-refractivity contribution in [2.45, 2.75) is 46.0 Å². The smallest absolute Gasteiger partial charge is 0.146 e. The number of rotatable bonds is 4. The topological polar surface area (TPSA) is 60.9 Å². The lowest BCUT2D eigenvalue weighted by Gasteiger charge is -2.37. The molecule has 1 aliphatic rings. The highest BCUT2D eigenvalue weighted by molar-refractivity contribution is 6.32. The summed E-state index contributed by atoms with van der Waals surface area (Å²) in [7, 11) is 1.83. The molecular weight excluding hydrogens is 274 g/mol. The maximum absolute atomic E-state index is 12.8. The molecule has 112 valence electrons. The minimum absolute atomic E-state index is 0.219. The zero-order valence-electron chi connectivity index (χ0n) is 12.6. The molecule has 5 heteroatoms. The third-order valence-electron chi connectivity index (χ3n) is 4.80. The average molecular weight is 298 g/mol. The molecule has 1 aliphatic carbocycles. The second kappa shape index (κ2) is 5.86. The molecular formula is C15H24ClN3O. The van der Waals surface area contributed by atoms with E-state index >= 15 is 0 Å². The fourth-order valence-corrected chi connectivity index (χ4v) is 3.35. The van der Waals surface area contributed by atoms with Gasteiger partial charge in [-0.2, -0.15) is 5.10 Å². The molecule has 1 fully saturated rings. The predicted molar refractivity (Wildman–Crippen MR) is 80.8 cm³/mol. The van der Waals surface area contributed by atoms with Crippen molar-refractivity contribution in [1.82, 2.24) is 9.78 Å². The zero-order valence-corrected chi connectivity index (χ0v) is 13.3. The van der Waals surface area contributed by atoms with Gasteiger partial charge in [0.15, 0.2) is 0 Å². The number of hydrogen-bond donors (Lipinski definition) is 1. The number of hydrogen-bond acceptors (Lipinski definition) is 3. The number of halogens is 1. The third-order valence-corrected chi connectivity index (χ3v) is 5.29. The summed E-state index contributed by atoms with van der Waals surface area (Å²) >= 11 is 6.24. The van der Waals surface area contributed by atoms with Gasteiger partial charge in [0, 0.05) is 19.0 Å². The van der Waals surface area contributed by atoms with Crippen molar-refractivity contribution >= 4 is 17.4 Å². The molecule has 1 aromatic rings. The van der Waals surface area contributed by atoms with Gasteiger partial charge in [0.25, 0.3) is 0 Å². The van der Waals surface area contributed by atoms with Crippen LogP contribution in [0.5, 0.6) is 0 Å². The molecule has 1 saturated carbocycles. The third kappa shape index (κ3) is 2.77. The van der Waals surface area contributed by atoms with Crippen LogP contribution in [0.4, 0.5) is 0 Å². The van der Waals surface area contributed by atoms with Gasteiger partial charge in [-0.15, -0.1) is 0 Å². The van der Waals surface area contributed by atoms with Crippen molar-refractivity contribution < 1.29 is 4.79 Å². The lowest BCUT2D eigenvalue weighted by Crippen LogP contribution is -2.42. The van der Waals surface area contributed by atoms with E-state index in [2.05, 4.69) is 12.0 Å². The molecule has 0 unspecified atom stereocenters. The first kappa shape index (κ1) is 15.5. The number of Topliss-reactive ketones (excluding diaryl/α,β-unsaturated/α-hetero) is 1. The second-order valence-electron chi connectivity index (χ2n) is 6.24. The zero-order chi connectivity index (χ0) is 14.9. The summed E-state index contributed by atoms with van der Waals surface area (Å²) in [4.78, 5) is 12.8. The van der Waals surface area contributed by atoms with E-state index in [4.69, 9.17) is 17.3 Å². The first-order valence-corrected chi connectivity index (χ1v) is 7.69. The SMILES string of the molecule is Cc1nn(C)c(CC(=O)C2(CN)CCC(C)CC2)c1Cl. The van der Waals surface area contributed by atoms with Crippen molar-refractivity contribution in [3.05, 3.63) is 16.4 Å². The summed E-state index contributed by atoms with van der Waals surface area (Å²) in [5.74, 6) is 0.918. The van der Waals surface area contributed by atoms with E-state index in [0.717, 1.165) is 37.1 Å². The van der Waals surface area contributed by atoms with Crippen molar-refractivity contribution in [3.63, 3.8) is 0 Å². The second-order valence-corrected chi connectivity index (χ2v) is 6.61. The van der Waals surface area contributed by atoms with E-state index < -0.39 is 0 Å². The lowest BCUT2D eigenvalue weighted by atomic mass is 9.67. The quantitative estimate of drug-likeness (QED) is 0.929. The van der Waals surface area contributed by atoms with Crippen LogP contribution in [0.2, 0.25) is 5.02 Å². The molecule has 0 aliphatic heterocycles. The first-order chi connectivity index (χ1) is 9.39. The molecule has 4 nitrogen and oxygen atoms in total. The maximum Gasteiger partial charge on any atom is 0.146 e. The Balaban J connectivity index is 2.18. The van der Waals surface area contributed by atoms with Crippen LogP contribution in [-0.2, 0) is 18.3 Å². The van der Waals surface area contributed by atoms with Gasteiger partial charge in [-0.3, -0.25) is 9.48 Å². The number of nitrogens with two attached hydrogens (primary N) is 1. The molecule has 0 atom stereocenters. The van der Waals surface area contributed by atoms with Gasteiger partial charge in [-0.1, -0.05) is 18.5 Å². The molecule has 0 radical (unpaired) electrons. The Morgan fingerprint density at radius 1 is 1.50 bits per heavy atom. The number of carbonyl (C=O) groups excluding carboxylic acids is 1. The molecule has 0 amide bonds. The Morgan fingerprint density at radius 2 is 2.10 bits per heavy atom. The van der Waals surface area contributed by atoms with Gasteiger partial charge in [0.05, 0.1) is 22.8 Å². The number of carbonyl (C=O) groups is 1. The van der Waals surface area contributed by atoms with E-state index in [1.807, 2.05) is 14.0 Å². The Bertz CT molecular complexity index is 501. The Morgan fingerprint density at radius 3 is 2.55 bits per heavy atom. The van der Waals surface area contributed by atoms with Gasteiger partial charge < -0.3 is 5.73 Å². The summed E-state index contributed by atoms with van der Waals surface area (Å²) in [6, 6.07) is 0. The van der Waals surface area contributed by atoms with Gasteiger partial charge in [-0.05, 0) is 38.5 Å². The molecule has 0 bridgehead atoms. The van der Waals surface area contributed by atoms with Crippen LogP contribution >= 0.6 is 11.6 Å². The molecule has 1 aromatic heterocycles. The molecule has 2 N–H and O–H groups in total. The summed E-state index contributed by atoms with van der Waals surface area (Å²) in [5.41, 5.74) is 7.17. The van der Waals surface area contributed by atoms with Crippen LogP contribution in [0.15, 0.2) is 0 Å². The van der Waals surface area contributed by atoms with E-state index in [1.165, 1.54) is 0 Å². The Kier molecular flexibility index (Phi) is 4.55. The van der Waals surface area contributed by atoms with Crippen LogP contribution in [0.3, 0.4) is 0 Å². The summed E-state index contributed by atoms with van der Waals surface area (Å²) < 4.78 is 1.71. The Hall–Kier alpha value is -0.870. The number of ketones is 1. The van der Waals surface area contributed by atoms with E-state index in [-0.39, 0.29) is 11.2 Å². The van der Waals surface area contributed by atoms with Crippen molar-refractivity contribution in [2.75, 3.05) is 6.54 Å². The van der Waals surface area contributed by atoms with Gasteiger partial charge in [-0.25, -0.2) is 0 Å². The number of aromatic nitrogens is 2. The van der Waals surface area contributed by atoms with Crippen LogP contribution in [0.1, 0.15) is 44.0 Å². The van der Waals surface area contributed by atoms with E-state index in [0.29, 0.717) is 23.9 Å².